The SMILES string of the molecule is O=C(c1cccc(F)c1F)N1CCOC(c2ccco2)C1. The smallest absolute Gasteiger partial charge is 0.257 e. The third-order valence-corrected chi connectivity index (χ3v) is 3.40. The predicted octanol–water partition coefficient (Wildman–Crippen LogP) is 2.77. The normalized spacial score (nSPS) is 18.8. The van der Waals surface area contributed by atoms with Crippen molar-refractivity contribution in [2.75, 3.05) is 19.7 Å². The molecule has 1 aromatic carbocycles. The lowest BCUT2D eigenvalue weighted by Gasteiger charge is -2.32. The molecule has 3 rings (SSSR count). The number of hydrogen-bond acceptors (Lipinski definition) is 3. The first-order valence-corrected chi connectivity index (χ1v) is 6.55. The number of morpholine rings is 1. The Labute approximate surface area is 119 Å². The molecule has 0 spiro atoms. The minimum atomic E-state index is -1.12. The van der Waals surface area contributed by atoms with E-state index in [1.165, 1.54) is 23.3 Å². The van der Waals surface area contributed by atoms with E-state index >= 15 is 0 Å². The number of nitrogens with zero attached hydrogens (tertiary/aromatic N) is 1. The van der Waals surface area contributed by atoms with Crippen molar-refractivity contribution in [3.8, 4) is 0 Å². The summed E-state index contributed by atoms with van der Waals surface area (Å²) in [7, 11) is 0. The van der Waals surface area contributed by atoms with Crippen molar-refractivity contribution < 1.29 is 22.7 Å². The van der Waals surface area contributed by atoms with E-state index in [4.69, 9.17) is 9.15 Å². The molecule has 0 bridgehead atoms. The Kier molecular flexibility index (Phi) is 3.70. The quantitative estimate of drug-likeness (QED) is 0.855. The van der Waals surface area contributed by atoms with Gasteiger partial charge in [-0.3, -0.25) is 4.79 Å². The minimum absolute atomic E-state index is 0.238. The zero-order chi connectivity index (χ0) is 14.8. The molecule has 2 aromatic rings. The van der Waals surface area contributed by atoms with Crippen molar-refractivity contribution >= 4 is 5.91 Å². The van der Waals surface area contributed by atoms with Crippen LogP contribution in [0.25, 0.3) is 0 Å². The molecule has 0 aliphatic carbocycles. The number of halogens is 2. The van der Waals surface area contributed by atoms with E-state index in [-0.39, 0.29) is 12.1 Å². The van der Waals surface area contributed by atoms with E-state index in [0.29, 0.717) is 18.9 Å². The number of furan rings is 1. The summed E-state index contributed by atoms with van der Waals surface area (Å²) in [6.45, 7) is 0.877. The number of carbonyl (C=O) groups is 1. The average molecular weight is 293 g/mol. The van der Waals surface area contributed by atoms with Crippen LogP contribution in [0.2, 0.25) is 0 Å². The van der Waals surface area contributed by atoms with Gasteiger partial charge in [-0.25, -0.2) is 8.78 Å². The Morgan fingerprint density at radius 2 is 2.10 bits per heavy atom. The van der Waals surface area contributed by atoms with Gasteiger partial charge in [0.15, 0.2) is 11.6 Å². The van der Waals surface area contributed by atoms with Crippen LogP contribution in [0.15, 0.2) is 41.0 Å². The summed E-state index contributed by atoms with van der Waals surface area (Å²) >= 11 is 0. The van der Waals surface area contributed by atoms with E-state index in [1.54, 1.807) is 12.1 Å². The molecule has 1 aromatic heterocycles. The van der Waals surface area contributed by atoms with Gasteiger partial charge in [-0.05, 0) is 24.3 Å². The van der Waals surface area contributed by atoms with Crippen LogP contribution in [0.3, 0.4) is 0 Å². The Bertz CT molecular complexity index is 642. The first kappa shape index (κ1) is 13.8. The lowest BCUT2D eigenvalue weighted by atomic mass is 10.1. The van der Waals surface area contributed by atoms with Crippen LogP contribution in [-0.2, 0) is 4.74 Å². The number of carbonyl (C=O) groups excluding carboxylic acids is 1. The zero-order valence-electron chi connectivity index (χ0n) is 11.1. The van der Waals surface area contributed by atoms with Gasteiger partial charge in [0.1, 0.15) is 11.9 Å². The second kappa shape index (κ2) is 5.65. The fourth-order valence-electron chi connectivity index (χ4n) is 2.32. The third kappa shape index (κ3) is 2.67. The van der Waals surface area contributed by atoms with Crippen LogP contribution in [0.5, 0.6) is 0 Å². The number of amides is 1. The van der Waals surface area contributed by atoms with Crippen molar-refractivity contribution in [2.45, 2.75) is 6.10 Å². The van der Waals surface area contributed by atoms with Crippen molar-refractivity contribution in [1.29, 1.82) is 0 Å². The molecule has 0 radical (unpaired) electrons. The van der Waals surface area contributed by atoms with Crippen LogP contribution >= 0.6 is 0 Å². The number of hydrogen-bond donors (Lipinski definition) is 0. The summed E-state index contributed by atoms with van der Waals surface area (Å²) in [6, 6.07) is 7.05. The highest BCUT2D eigenvalue weighted by Crippen LogP contribution is 2.24. The Morgan fingerprint density at radius 3 is 2.86 bits per heavy atom. The summed E-state index contributed by atoms with van der Waals surface area (Å²) in [5, 5.41) is 0. The first-order valence-electron chi connectivity index (χ1n) is 6.55. The van der Waals surface area contributed by atoms with E-state index < -0.39 is 23.6 Å². The van der Waals surface area contributed by atoms with Crippen LogP contribution < -0.4 is 0 Å². The van der Waals surface area contributed by atoms with Gasteiger partial charge >= 0.3 is 0 Å². The van der Waals surface area contributed by atoms with Crippen LogP contribution in [0.4, 0.5) is 8.78 Å². The Morgan fingerprint density at radius 1 is 1.24 bits per heavy atom. The second-order valence-corrected chi connectivity index (χ2v) is 4.73. The number of ether oxygens (including phenoxy) is 1. The van der Waals surface area contributed by atoms with Gasteiger partial charge < -0.3 is 14.1 Å². The molecule has 2 heterocycles. The summed E-state index contributed by atoms with van der Waals surface area (Å²) in [4.78, 5) is 13.8. The molecule has 1 unspecified atom stereocenters. The molecular formula is C15H13F2NO3. The second-order valence-electron chi connectivity index (χ2n) is 4.73. The zero-order valence-corrected chi connectivity index (χ0v) is 11.1. The highest BCUT2D eigenvalue weighted by molar-refractivity contribution is 5.94. The maximum Gasteiger partial charge on any atom is 0.257 e. The first-order chi connectivity index (χ1) is 10.2. The van der Waals surface area contributed by atoms with Crippen molar-refractivity contribution in [2.24, 2.45) is 0 Å². The van der Waals surface area contributed by atoms with E-state index in [9.17, 15) is 13.6 Å². The van der Waals surface area contributed by atoms with E-state index in [0.717, 1.165) is 6.07 Å². The molecule has 1 atom stereocenters. The van der Waals surface area contributed by atoms with Gasteiger partial charge in [-0.1, -0.05) is 6.07 Å². The van der Waals surface area contributed by atoms with Crippen LogP contribution in [0.1, 0.15) is 22.2 Å². The maximum absolute atomic E-state index is 13.7. The standard InChI is InChI=1S/C15H13F2NO3/c16-11-4-1-3-10(14(11)17)15(19)18-6-8-21-13(9-18)12-5-2-7-20-12/h1-5,7,13H,6,8-9H2. The number of rotatable bonds is 2. The molecule has 4 nitrogen and oxygen atoms in total. The fraction of sp³-hybridized carbons (Fsp3) is 0.267. The summed E-state index contributed by atoms with van der Waals surface area (Å²) in [6.07, 6.45) is 1.13. The monoisotopic (exact) mass is 293 g/mol. The number of benzene rings is 1. The molecule has 0 saturated carbocycles. The fourth-order valence-corrected chi connectivity index (χ4v) is 2.32. The molecule has 1 amide bonds. The third-order valence-electron chi connectivity index (χ3n) is 3.40. The molecule has 6 heteroatoms. The highest BCUT2D eigenvalue weighted by atomic mass is 19.2. The van der Waals surface area contributed by atoms with Crippen LogP contribution in [-0.4, -0.2) is 30.5 Å². The molecule has 1 aliphatic heterocycles. The maximum atomic E-state index is 13.7. The summed E-state index contributed by atoms with van der Waals surface area (Å²) in [5.41, 5.74) is -0.268. The van der Waals surface area contributed by atoms with Gasteiger partial charge in [-0.15, -0.1) is 0 Å². The lowest BCUT2D eigenvalue weighted by molar-refractivity contribution is -0.0322. The molecule has 110 valence electrons. The molecular weight excluding hydrogens is 280 g/mol. The van der Waals surface area contributed by atoms with Gasteiger partial charge in [0, 0.05) is 6.54 Å². The van der Waals surface area contributed by atoms with E-state index in [1.807, 2.05) is 0 Å². The topological polar surface area (TPSA) is 42.7 Å². The minimum Gasteiger partial charge on any atom is -0.467 e. The van der Waals surface area contributed by atoms with Crippen LogP contribution in [0, 0.1) is 11.6 Å². The lowest BCUT2D eigenvalue weighted by Crippen LogP contribution is -2.42. The van der Waals surface area contributed by atoms with Gasteiger partial charge in [0.05, 0.1) is 25.0 Å². The molecule has 0 N–H and O–H groups in total. The van der Waals surface area contributed by atoms with Crippen molar-refractivity contribution in [3.63, 3.8) is 0 Å². The molecule has 21 heavy (non-hydrogen) atoms. The molecule has 1 aliphatic rings. The van der Waals surface area contributed by atoms with Crippen molar-refractivity contribution in [3.05, 3.63) is 59.6 Å². The Balaban J connectivity index is 1.80. The van der Waals surface area contributed by atoms with Crippen molar-refractivity contribution in [1.82, 2.24) is 4.90 Å². The Hall–Kier alpha value is -2.21. The highest BCUT2D eigenvalue weighted by Gasteiger charge is 2.29. The van der Waals surface area contributed by atoms with E-state index in [2.05, 4.69) is 0 Å². The molecule has 1 saturated heterocycles. The van der Waals surface area contributed by atoms with Gasteiger partial charge in [0.2, 0.25) is 0 Å². The molecule has 1 fully saturated rings. The summed E-state index contributed by atoms with van der Waals surface area (Å²) < 4.78 is 37.7. The largest absolute Gasteiger partial charge is 0.467 e. The van der Waals surface area contributed by atoms with Gasteiger partial charge in [-0.2, -0.15) is 0 Å². The van der Waals surface area contributed by atoms with Gasteiger partial charge in [0.25, 0.3) is 5.91 Å². The summed E-state index contributed by atoms with van der Waals surface area (Å²) in [5.74, 6) is -2.10. The average Bonchev–Trinajstić information content (AvgIpc) is 3.04. The predicted molar refractivity (Wildman–Crippen MR) is 69.7 cm³/mol.